The average Bonchev–Trinajstić information content (AvgIpc) is 3.60. The van der Waals surface area contributed by atoms with Crippen molar-refractivity contribution in [1.82, 2.24) is 0 Å². The van der Waals surface area contributed by atoms with Crippen molar-refractivity contribution in [2.45, 2.75) is 127 Å². The van der Waals surface area contributed by atoms with Crippen molar-refractivity contribution in [3.8, 4) is 0 Å². The van der Waals surface area contributed by atoms with Crippen LogP contribution in [0.25, 0.3) is 0 Å². The summed E-state index contributed by atoms with van der Waals surface area (Å²) < 4.78 is 58.4. The molecular formula is C40H48O9. The van der Waals surface area contributed by atoms with Gasteiger partial charge in [-0.3, -0.25) is 0 Å². The summed E-state index contributed by atoms with van der Waals surface area (Å²) in [4.78, 5) is 0. The van der Waals surface area contributed by atoms with Gasteiger partial charge in [0.25, 0.3) is 0 Å². The van der Waals surface area contributed by atoms with Gasteiger partial charge in [-0.05, 0) is 51.3 Å². The first kappa shape index (κ1) is 34.5. The zero-order valence-electron chi connectivity index (χ0n) is 28.9. The Kier molecular flexibility index (Phi) is 10.4. The lowest BCUT2D eigenvalue weighted by atomic mass is 9.93. The molecule has 0 spiro atoms. The SMILES string of the molecule is C[C@@H]1O[C@H](/C=C\[C@H]2O[C@@H]3OC(C)(C)O[C@@H]3[C@H]3OC(C)(C)O[C@H]32)[C@@H](OCc2ccccc2)[C@H](OCc2ccccc2)[C@@H]1OCc1ccccc1. The van der Waals surface area contributed by atoms with Crippen LogP contribution in [0, 0.1) is 0 Å². The smallest absolute Gasteiger partial charge is 0.190 e. The van der Waals surface area contributed by atoms with Crippen molar-refractivity contribution in [3.05, 3.63) is 120 Å². The Labute approximate surface area is 289 Å². The fraction of sp³-hybridized carbons (Fsp3) is 0.500. The highest BCUT2D eigenvalue weighted by Gasteiger charge is 2.60. The summed E-state index contributed by atoms with van der Waals surface area (Å²) in [5.74, 6) is -1.60. The molecule has 0 aliphatic carbocycles. The first-order chi connectivity index (χ1) is 23.6. The summed E-state index contributed by atoms with van der Waals surface area (Å²) in [5.41, 5.74) is 3.19. The maximum absolute atomic E-state index is 6.76. The molecule has 9 heteroatoms. The van der Waals surface area contributed by atoms with E-state index in [2.05, 4.69) is 36.4 Å². The van der Waals surface area contributed by atoms with Crippen molar-refractivity contribution in [2.75, 3.05) is 0 Å². The van der Waals surface area contributed by atoms with Gasteiger partial charge in [0, 0.05) is 0 Å². The normalized spacial score (nSPS) is 34.9. The zero-order valence-corrected chi connectivity index (χ0v) is 28.9. The molecule has 10 atom stereocenters. The van der Waals surface area contributed by atoms with E-state index in [0.29, 0.717) is 19.8 Å². The second-order valence-corrected chi connectivity index (χ2v) is 14.1. The molecule has 4 aliphatic rings. The average molecular weight is 673 g/mol. The second-order valence-electron chi connectivity index (χ2n) is 14.1. The first-order valence-electron chi connectivity index (χ1n) is 17.3. The molecule has 262 valence electrons. The van der Waals surface area contributed by atoms with E-state index >= 15 is 0 Å². The van der Waals surface area contributed by atoms with Crippen molar-refractivity contribution in [1.29, 1.82) is 0 Å². The Morgan fingerprint density at radius 1 is 0.510 bits per heavy atom. The minimum Gasteiger partial charge on any atom is -0.368 e. The zero-order chi connectivity index (χ0) is 34.0. The Hall–Kier alpha value is -2.96. The van der Waals surface area contributed by atoms with E-state index in [1.807, 2.05) is 101 Å². The predicted octanol–water partition coefficient (Wildman–Crippen LogP) is 6.48. The number of benzene rings is 3. The molecule has 0 unspecified atom stereocenters. The lowest BCUT2D eigenvalue weighted by Crippen LogP contribution is -2.59. The van der Waals surface area contributed by atoms with Crippen LogP contribution in [-0.2, 0) is 62.5 Å². The van der Waals surface area contributed by atoms with E-state index < -0.39 is 60.6 Å². The lowest BCUT2D eigenvalue weighted by Gasteiger charge is -2.45. The molecular weight excluding hydrogens is 624 g/mol. The van der Waals surface area contributed by atoms with Crippen LogP contribution in [0.3, 0.4) is 0 Å². The molecule has 0 bridgehead atoms. The summed E-state index contributed by atoms with van der Waals surface area (Å²) in [7, 11) is 0. The number of hydrogen-bond acceptors (Lipinski definition) is 9. The first-order valence-corrected chi connectivity index (χ1v) is 17.3. The van der Waals surface area contributed by atoms with Gasteiger partial charge >= 0.3 is 0 Å². The van der Waals surface area contributed by atoms with Crippen LogP contribution in [-0.4, -0.2) is 72.8 Å². The van der Waals surface area contributed by atoms with E-state index in [0.717, 1.165) is 16.7 Å². The van der Waals surface area contributed by atoms with E-state index in [4.69, 9.17) is 42.6 Å². The van der Waals surface area contributed by atoms with Gasteiger partial charge in [0.15, 0.2) is 17.9 Å². The summed E-state index contributed by atoms with van der Waals surface area (Å²) in [6.45, 7) is 10.8. The standard InChI is InChI=1S/C40H48O9/c1-26-32(41-23-27-15-9-6-10-16-27)35(43-25-29-19-13-8-14-20-29)33(42-24-28-17-11-7-12-18-28)30(44-26)21-22-31-34-36(47-39(2,3)46-34)37-38(45-31)49-40(4,5)48-37/h6-22,26,30-38H,23-25H2,1-5H3/b22-21-/t26-,30+,31+,32+,33+,34-,35+,36-,37+,38+/m0/s1. The molecule has 4 aliphatic heterocycles. The summed E-state index contributed by atoms with van der Waals surface area (Å²) in [6, 6.07) is 30.4. The third-order valence-corrected chi connectivity index (χ3v) is 9.34. The molecule has 0 aromatic heterocycles. The van der Waals surface area contributed by atoms with E-state index in [-0.39, 0.29) is 12.2 Å². The Bertz CT molecular complexity index is 1510. The minimum atomic E-state index is -0.801. The molecule has 4 heterocycles. The van der Waals surface area contributed by atoms with Crippen molar-refractivity contribution in [3.63, 3.8) is 0 Å². The Balaban J connectivity index is 1.17. The fourth-order valence-corrected chi connectivity index (χ4v) is 7.12. The maximum Gasteiger partial charge on any atom is 0.190 e. The molecule has 3 aromatic carbocycles. The number of rotatable bonds is 11. The summed E-state index contributed by atoms with van der Waals surface area (Å²) >= 11 is 0. The van der Waals surface area contributed by atoms with Crippen molar-refractivity contribution >= 4 is 0 Å². The number of hydrogen-bond donors (Lipinski definition) is 0. The molecule has 4 saturated heterocycles. The molecule has 0 radical (unpaired) electrons. The molecule has 3 aromatic rings. The van der Waals surface area contributed by atoms with Crippen LogP contribution < -0.4 is 0 Å². The van der Waals surface area contributed by atoms with Gasteiger partial charge in [0.2, 0.25) is 0 Å². The van der Waals surface area contributed by atoms with Crippen LogP contribution in [0.1, 0.15) is 51.3 Å². The van der Waals surface area contributed by atoms with Crippen molar-refractivity contribution < 1.29 is 42.6 Å². The topological polar surface area (TPSA) is 83.1 Å². The van der Waals surface area contributed by atoms with E-state index in [1.165, 1.54) is 0 Å². The molecule has 7 rings (SSSR count). The number of fused-ring (bicyclic) bond motifs is 3. The van der Waals surface area contributed by atoms with Gasteiger partial charge in [-0.2, -0.15) is 0 Å². The van der Waals surface area contributed by atoms with Crippen molar-refractivity contribution in [2.24, 2.45) is 0 Å². The highest BCUT2D eigenvalue weighted by molar-refractivity contribution is 5.17. The highest BCUT2D eigenvalue weighted by Crippen LogP contribution is 2.44. The largest absolute Gasteiger partial charge is 0.368 e. The van der Waals surface area contributed by atoms with Crippen LogP contribution in [0.15, 0.2) is 103 Å². The number of ether oxygens (including phenoxy) is 9. The van der Waals surface area contributed by atoms with Crippen LogP contribution in [0.2, 0.25) is 0 Å². The van der Waals surface area contributed by atoms with Crippen LogP contribution in [0.4, 0.5) is 0 Å². The highest BCUT2D eigenvalue weighted by atomic mass is 16.9. The third-order valence-electron chi connectivity index (χ3n) is 9.34. The predicted molar refractivity (Wildman–Crippen MR) is 181 cm³/mol. The van der Waals surface area contributed by atoms with Gasteiger partial charge in [-0.15, -0.1) is 0 Å². The van der Waals surface area contributed by atoms with E-state index in [1.54, 1.807) is 0 Å². The van der Waals surface area contributed by atoms with Crippen LogP contribution >= 0.6 is 0 Å². The van der Waals surface area contributed by atoms with Gasteiger partial charge in [-0.25, -0.2) is 0 Å². The maximum atomic E-state index is 6.76. The van der Waals surface area contributed by atoms with Gasteiger partial charge in [-0.1, -0.05) is 103 Å². The monoisotopic (exact) mass is 672 g/mol. The molecule has 0 N–H and O–H groups in total. The molecule has 0 saturated carbocycles. The minimum absolute atomic E-state index is 0.308. The molecule has 4 fully saturated rings. The second kappa shape index (κ2) is 14.7. The fourth-order valence-electron chi connectivity index (χ4n) is 7.12. The molecule has 9 nitrogen and oxygen atoms in total. The van der Waals surface area contributed by atoms with Gasteiger partial charge in [0.05, 0.1) is 25.9 Å². The van der Waals surface area contributed by atoms with E-state index in [9.17, 15) is 0 Å². The van der Waals surface area contributed by atoms with Gasteiger partial charge < -0.3 is 42.6 Å². The summed E-state index contributed by atoms with van der Waals surface area (Å²) in [6.07, 6.45) is -0.394. The molecule has 0 amide bonds. The van der Waals surface area contributed by atoms with Crippen LogP contribution in [0.5, 0.6) is 0 Å². The van der Waals surface area contributed by atoms with Gasteiger partial charge in [0.1, 0.15) is 48.8 Å². The Morgan fingerprint density at radius 3 is 1.53 bits per heavy atom. The Morgan fingerprint density at radius 2 is 0.959 bits per heavy atom. The summed E-state index contributed by atoms with van der Waals surface area (Å²) in [5, 5.41) is 0. The molecule has 49 heavy (non-hydrogen) atoms. The third kappa shape index (κ3) is 8.17. The quantitative estimate of drug-likeness (QED) is 0.213. The lowest BCUT2D eigenvalue weighted by molar-refractivity contribution is -0.252.